The van der Waals surface area contributed by atoms with Crippen molar-refractivity contribution in [3.05, 3.63) is 0 Å². The molecule has 3 atom stereocenters. The zero-order valence-electron chi connectivity index (χ0n) is 9.00. The maximum atomic E-state index is 9.95. The van der Waals surface area contributed by atoms with Gasteiger partial charge in [0.05, 0.1) is 19.6 Å². The molecule has 0 bridgehead atoms. The third-order valence-corrected chi connectivity index (χ3v) is 1.86. The zero-order chi connectivity index (χ0) is 12.7. The molecule has 0 saturated carbocycles. The number of aliphatic hydroxyl groups is 3. The molecule has 16 heavy (non-hydrogen) atoms. The van der Waals surface area contributed by atoms with E-state index >= 15 is 0 Å². The molecular formula is C9H17NO6. The number of Topliss-reactive ketones (excluding diaryl/α,β-unsaturated/α-hetero) is 1. The van der Waals surface area contributed by atoms with Crippen molar-refractivity contribution in [3.8, 4) is 0 Å². The van der Waals surface area contributed by atoms with Crippen LogP contribution in [0.25, 0.3) is 0 Å². The van der Waals surface area contributed by atoms with Crippen molar-refractivity contribution < 1.29 is 29.6 Å². The molecular weight excluding hydrogens is 218 g/mol. The fourth-order valence-electron chi connectivity index (χ4n) is 1.07. The minimum absolute atomic E-state index is 0.117. The van der Waals surface area contributed by atoms with Crippen LogP contribution in [-0.2, 0) is 14.3 Å². The minimum atomic E-state index is -0.921. The van der Waals surface area contributed by atoms with Crippen LogP contribution in [0.1, 0.15) is 13.3 Å². The van der Waals surface area contributed by atoms with Crippen molar-refractivity contribution in [1.82, 2.24) is 0 Å². The van der Waals surface area contributed by atoms with E-state index in [1.54, 1.807) is 0 Å². The predicted molar refractivity (Wildman–Crippen MR) is 53.3 cm³/mol. The Morgan fingerprint density at radius 2 is 2.00 bits per heavy atom. The molecule has 94 valence electrons. The third-order valence-electron chi connectivity index (χ3n) is 1.86. The average molecular weight is 235 g/mol. The first-order valence-corrected chi connectivity index (χ1v) is 4.74. The molecule has 0 aromatic heterocycles. The Hall–Kier alpha value is -1.02. The van der Waals surface area contributed by atoms with Gasteiger partial charge < -0.3 is 25.8 Å². The summed E-state index contributed by atoms with van der Waals surface area (Å²) in [6.07, 6.45) is -2.49. The molecule has 1 aliphatic rings. The lowest BCUT2D eigenvalue weighted by Gasteiger charge is -2.10. The van der Waals surface area contributed by atoms with Gasteiger partial charge in [0.1, 0.15) is 24.1 Å². The van der Waals surface area contributed by atoms with Gasteiger partial charge in [0.15, 0.2) is 0 Å². The number of rotatable bonds is 3. The summed E-state index contributed by atoms with van der Waals surface area (Å²) in [5.41, 5.74) is 4.63. The average Bonchev–Trinajstić information content (AvgIpc) is 2.46. The van der Waals surface area contributed by atoms with Gasteiger partial charge in [-0.3, -0.25) is 9.59 Å². The van der Waals surface area contributed by atoms with Crippen molar-refractivity contribution in [3.63, 3.8) is 0 Å². The van der Waals surface area contributed by atoms with E-state index in [2.05, 4.69) is 5.73 Å². The van der Waals surface area contributed by atoms with Crippen LogP contribution in [0.15, 0.2) is 0 Å². The van der Waals surface area contributed by atoms with Gasteiger partial charge in [-0.15, -0.1) is 0 Å². The molecule has 1 heterocycles. The Balaban J connectivity index is 0.000000293. The SMILES string of the molecule is CC(=O)CC(N)=O.OC[C@H]1OC[C@H](O)[C@H]1O. The fraction of sp³-hybridized carbons (Fsp3) is 0.778. The molecule has 0 aliphatic carbocycles. The molecule has 1 rings (SSSR count). The van der Waals surface area contributed by atoms with Crippen LogP contribution in [0.4, 0.5) is 0 Å². The predicted octanol–water partition coefficient (Wildman–Crippen LogP) is -2.45. The highest BCUT2D eigenvalue weighted by atomic mass is 16.5. The van der Waals surface area contributed by atoms with E-state index in [1.807, 2.05) is 0 Å². The maximum absolute atomic E-state index is 9.95. The number of carbonyl (C=O) groups is 2. The number of nitrogens with two attached hydrogens (primary N) is 1. The van der Waals surface area contributed by atoms with Gasteiger partial charge in [0, 0.05) is 0 Å². The highest BCUT2D eigenvalue weighted by Crippen LogP contribution is 2.12. The summed E-state index contributed by atoms with van der Waals surface area (Å²) in [4.78, 5) is 19.8. The van der Waals surface area contributed by atoms with Crippen molar-refractivity contribution >= 4 is 11.7 Å². The summed E-state index contributed by atoms with van der Waals surface area (Å²) in [5.74, 6) is -0.750. The lowest BCUT2D eigenvalue weighted by atomic mass is 10.2. The van der Waals surface area contributed by atoms with Crippen LogP contribution in [-0.4, -0.2) is 58.5 Å². The first-order valence-electron chi connectivity index (χ1n) is 4.74. The van der Waals surface area contributed by atoms with E-state index in [0.29, 0.717) is 0 Å². The Bertz CT molecular complexity index is 232. The van der Waals surface area contributed by atoms with Crippen LogP contribution in [0.3, 0.4) is 0 Å². The Morgan fingerprint density at radius 1 is 1.44 bits per heavy atom. The van der Waals surface area contributed by atoms with Crippen molar-refractivity contribution in [2.24, 2.45) is 5.73 Å². The molecule has 0 spiro atoms. The van der Waals surface area contributed by atoms with E-state index in [-0.39, 0.29) is 25.4 Å². The molecule has 7 nitrogen and oxygen atoms in total. The second kappa shape index (κ2) is 7.29. The van der Waals surface area contributed by atoms with E-state index in [0.717, 1.165) is 0 Å². The molecule has 0 radical (unpaired) electrons. The highest BCUT2D eigenvalue weighted by Gasteiger charge is 2.33. The van der Waals surface area contributed by atoms with E-state index in [9.17, 15) is 9.59 Å². The molecule has 0 unspecified atom stereocenters. The maximum Gasteiger partial charge on any atom is 0.224 e. The van der Waals surface area contributed by atoms with Gasteiger partial charge in [0.2, 0.25) is 5.91 Å². The standard InChI is InChI=1S/C5H10O4.C4H7NO2/c6-1-4-5(8)3(7)2-9-4;1-3(6)2-4(5)7/h3-8H,1-2H2;2H2,1H3,(H2,5,7)/t3-,4+,5+;/m0./s1. The van der Waals surface area contributed by atoms with Crippen LogP contribution in [0.2, 0.25) is 0 Å². The van der Waals surface area contributed by atoms with Gasteiger partial charge in [-0.05, 0) is 6.92 Å². The smallest absolute Gasteiger partial charge is 0.224 e. The summed E-state index contributed by atoms with van der Waals surface area (Å²) in [7, 11) is 0. The number of ketones is 1. The Labute approximate surface area is 92.8 Å². The van der Waals surface area contributed by atoms with Crippen LogP contribution in [0, 0.1) is 0 Å². The summed E-state index contributed by atoms with van der Waals surface area (Å²) < 4.78 is 4.78. The van der Waals surface area contributed by atoms with E-state index < -0.39 is 24.2 Å². The molecule has 1 fully saturated rings. The first-order chi connectivity index (χ1) is 7.38. The summed E-state index contributed by atoms with van der Waals surface area (Å²) in [6, 6.07) is 0. The van der Waals surface area contributed by atoms with Gasteiger partial charge >= 0.3 is 0 Å². The summed E-state index contributed by atoms with van der Waals surface area (Å²) in [6.45, 7) is 1.20. The van der Waals surface area contributed by atoms with Crippen LogP contribution in [0.5, 0.6) is 0 Å². The number of hydrogen-bond acceptors (Lipinski definition) is 6. The largest absolute Gasteiger partial charge is 0.394 e. The second-order valence-corrected chi connectivity index (χ2v) is 3.46. The number of ether oxygens (including phenoxy) is 1. The first kappa shape index (κ1) is 15.0. The van der Waals surface area contributed by atoms with Crippen LogP contribution >= 0.6 is 0 Å². The van der Waals surface area contributed by atoms with Crippen LogP contribution < -0.4 is 5.73 Å². The van der Waals surface area contributed by atoms with Crippen molar-refractivity contribution in [2.75, 3.05) is 13.2 Å². The number of carbonyl (C=O) groups excluding carboxylic acids is 2. The van der Waals surface area contributed by atoms with Gasteiger partial charge in [-0.1, -0.05) is 0 Å². The lowest BCUT2D eigenvalue weighted by Crippen LogP contribution is -2.31. The third kappa shape index (κ3) is 5.76. The zero-order valence-corrected chi connectivity index (χ0v) is 9.00. The molecule has 0 aromatic carbocycles. The number of hydrogen-bond donors (Lipinski definition) is 4. The molecule has 5 N–H and O–H groups in total. The molecule has 1 saturated heterocycles. The van der Waals surface area contributed by atoms with E-state index in [1.165, 1.54) is 6.92 Å². The highest BCUT2D eigenvalue weighted by molar-refractivity contribution is 5.95. The fourth-order valence-corrected chi connectivity index (χ4v) is 1.07. The lowest BCUT2D eigenvalue weighted by molar-refractivity contribution is -0.125. The van der Waals surface area contributed by atoms with Crippen molar-refractivity contribution in [1.29, 1.82) is 0 Å². The normalized spacial score (nSPS) is 28.1. The number of aliphatic hydroxyl groups excluding tert-OH is 3. The molecule has 7 heteroatoms. The Kier molecular flexibility index (Phi) is 6.82. The summed E-state index contributed by atoms with van der Waals surface area (Å²) >= 11 is 0. The van der Waals surface area contributed by atoms with Gasteiger partial charge in [-0.25, -0.2) is 0 Å². The molecule has 0 aromatic rings. The second-order valence-electron chi connectivity index (χ2n) is 3.46. The van der Waals surface area contributed by atoms with Gasteiger partial charge in [0.25, 0.3) is 0 Å². The quantitative estimate of drug-likeness (QED) is 0.402. The summed E-state index contributed by atoms with van der Waals surface area (Å²) in [5, 5.41) is 26.2. The Morgan fingerprint density at radius 3 is 2.12 bits per heavy atom. The van der Waals surface area contributed by atoms with Crippen molar-refractivity contribution in [2.45, 2.75) is 31.7 Å². The van der Waals surface area contributed by atoms with Gasteiger partial charge in [-0.2, -0.15) is 0 Å². The monoisotopic (exact) mass is 235 g/mol. The number of amides is 1. The van der Waals surface area contributed by atoms with E-state index in [4.69, 9.17) is 20.1 Å². The molecule has 1 amide bonds. The minimum Gasteiger partial charge on any atom is -0.394 e. The number of primary amides is 1. The molecule has 1 aliphatic heterocycles. The topological polar surface area (TPSA) is 130 Å².